The van der Waals surface area contributed by atoms with Gasteiger partial charge in [-0.15, -0.1) is 0 Å². The maximum absolute atomic E-state index is 5.95. The molecule has 0 amide bonds. The lowest BCUT2D eigenvalue weighted by Gasteiger charge is -2.05. The Morgan fingerprint density at radius 1 is 1.38 bits per heavy atom. The second-order valence-electron chi connectivity index (χ2n) is 3.58. The molecule has 0 unspecified atom stereocenters. The van der Waals surface area contributed by atoms with E-state index in [2.05, 4.69) is 20.5 Å². The minimum atomic E-state index is 0.555. The minimum absolute atomic E-state index is 0.555. The summed E-state index contributed by atoms with van der Waals surface area (Å²) in [7, 11) is 0. The molecule has 2 N–H and O–H groups in total. The minimum Gasteiger partial charge on any atom is -0.308 e. The van der Waals surface area contributed by atoms with Crippen molar-refractivity contribution >= 4 is 11.6 Å². The zero-order valence-electron chi connectivity index (χ0n) is 9.00. The van der Waals surface area contributed by atoms with Crippen molar-refractivity contribution in [2.24, 2.45) is 0 Å². The van der Waals surface area contributed by atoms with Crippen molar-refractivity contribution in [3.8, 4) is 0 Å². The SMILES string of the molecule is Cc1[nH]ncc1CNCc1cccnc1Cl. The molecule has 0 spiro atoms. The summed E-state index contributed by atoms with van der Waals surface area (Å²) in [5.74, 6) is 0. The van der Waals surface area contributed by atoms with Gasteiger partial charge in [-0.2, -0.15) is 5.10 Å². The standard InChI is InChI=1S/C11H13ClN4/c1-8-10(7-15-16-8)6-13-5-9-3-2-4-14-11(9)12/h2-4,7,13H,5-6H2,1H3,(H,15,16). The Morgan fingerprint density at radius 2 is 2.19 bits per heavy atom. The first kappa shape index (κ1) is 11.1. The first-order chi connectivity index (χ1) is 7.77. The molecule has 4 nitrogen and oxygen atoms in total. The third-order valence-corrected chi connectivity index (χ3v) is 2.74. The number of hydrogen-bond donors (Lipinski definition) is 2. The van der Waals surface area contributed by atoms with Crippen molar-refractivity contribution in [2.45, 2.75) is 20.0 Å². The molecule has 0 fully saturated rings. The van der Waals surface area contributed by atoms with Crippen LogP contribution >= 0.6 is 11.6 Å². The van der Waals surface area contributed by atoms with Crippen molar-refractivity contribution in [2.75, 3.05) is 0 Å². The van der Waals surface area contributed by atoms with Crippen LogP contribution in [0.3, 0.4) is 0 Å². The first-order valence-corrected chi connectivity index (χ1v) is 5.44. The zero-order chi connectivity index (χ0) is 11.4. The lowest BCUT2D eigenvalue weighted by molar-refractivity contribution is 0.689. The monoisotopic (exact) mass is 236 g/mol. The highest BCUT2D eigenvalue weighted by Gasteiger charge is 2.02. The molecule has 2 rings (SSSR count). The Balaban J connectivity index is 1.89. The predicted molar refractivity (Wildman–Crippen MR) is 63.1 cm³/mol. The van der Waals surface area contributed by atoms with Gasteiger partial charge in [0.15, 0.2) is 0 Å². The molecular weight excluding hydrogens is 224 g/mol. The van der Waals surface area contributed by atoms with Crippen LogP contribution < -0.4 is 5.32 Å². The summed E-state index contributed by atoms with van der Waals surface area (Å²) in [5.41, 5.74) is 3.26. The van der Waals surface area contributed by atoms with Gasteiger partial charge in [0.05, 0.1) is 6.20 Å². The van der Waals surface area contributed by atoms with Crippen LogP contribution in [0.25, 0.3) is 0 Å². The Bertz CT molecular complexity index is 467. The van der Waals surface area contributed by atoms with Crippen LogP contribution in [0.5, 0.6) is 0 Å². The molecule has 0 bridgehead atoms. The van der Waals surface area contributed by atoms with E-state index in [0.29, 0.717) is 11.7 Å². The summed E-state index contributed by atoms with van der Waals surface area (Å²) in [6.45, 7) is 3.48. The smallest absolute Gasteiger partial charge is 0.133 e. The Labute approximate surface area is 99.1 Å². The summed E-state index contributed by atoms with van der Waals surface area (Å²) in [6, 6.07) is 3.84. The van der Waals surface area contributed by atoms with Crippen LogP contribution in [0.2, 0.25) is 5.15 Å². The van der Waals surface area contributed by atoms with Gasteiger partial charge in [-0.3, -0.25) is 5.10 Å². The largest absolute Gasteiger partial charge is 0.308 e. The number of nitrogens with one attached hydrogen (secondary N) is 2. The summed E-state index contributed by atoms with van der Waals surface area (Å²) < 4.78 is 0. The maximum Gasteiger partial charge on any atom is 0.133 e. The fourth-order valence-electron chi connectivity index (χ4n) is 1.44. The fourth-order valence-corrected chi connectivity index (χ4v) is 1.62. The van der Waals surface area contributed by atoms with Gasteiger partial charge in [-0.25, -0.2) is 4.98 Å². The van der Waals surface area contributed by atoms with Crippen LogP contribution in [-0.4, -0.2) is 15.2 Å². The molecule has 0 atom stereocenters. The number of nitrogens with zero attached hydrogens (tertiary/aromatic N) is 2. The third kappa shape index (κ3) is 2.59. The highest BCUT2D eigenvalue weighted by atomic mass is 35.5. The topological polar surface area (TPSA) is 53.6 Å². The molecule has 84 valence electrons. The Kier molecular flexibility index (Phi) is 3.54. The van der Waals surface area contributed by atoms with E-state index in [1.54, 1.807) is 6.20 Å². The van der Waals surface area contributed by atoms with Gasteiger partial charge >= 0.3 is 0 Å². The summed E-state index contributed by atoms with van der Waals surface area (Å²) in [5, 5.41) is 10.7. The molecule has 0 aromatic carbocycles. The van der Waals surface area contributed by atoms with Crippen LogP contribution in [0.4, 0.5) is 0 Å². The first-order valence-electron chi connectivity index (χ1n) is 5.06. The summed E-state index contributed by atoms with van der Waals surface area (Å²) >= 11 is 5.95. The van der Waals surface area contributed by atoms with E-state index >= 15 is 0 Å². The highest BCUT2D eigenvalue weighted by Crippen LogP contribution is 2.11. The van der Waals surface area contributed by atoms with Crippen molar-refractivity contribution in [3.63, 3.8) is 0 Å². The van der Waals surface area contributed by atoms with E-state index in [9.17, 15) is 0 Å². The zero-order valence-corrected chi connectivity index (χ0v) is 9.75. The average molecular weight is 237 g/mol. The van der Waals surface area contributed by atoms with E-state index in [0.717, 1.165) is 17.8 Å². The van der Waals surface area contributed by atoms with Gasteiger partial charge in [-0.1, -0.05) is 17.7 Å². The molecular formula is C11H13ClN4. The van der Waals surface area contributed by atoms with Crippen LogP contribution in [-0.2, 0) is 13.1 Å². The van der Waals surface area contributed by atoms with Crippen LogP contribution in [0.15, 0.2) is 24.5 Å². The van der Waals surface area contributed by atoms with Gasteiger partial charge in [0.25, 0.3) is 0 Å². The average Bonchev–Trinajstić information content (AvgIpc) is 2.67. The van der Waals surface area contributed by atoms with Gasteiger partial charge < -0.3 is 5.32 Å². The summed E-state index contributed by atoms with van der Waals surface area (Å²) in [4.78, 5) is 4.02. The number of pyridine rings is 1. The van der Waals surface area contributed by atoms with E-state index in [1.807, 2.05) is 25.3 Å². The molecule has 2 heterocycles. The molecule has 0 saturated carbocycles. The van der Waals surface area contributed by atoms with E-state index < -0.39 is 0 Å². The second kappa shape index (κ2) is 5.09. The number of hydrogen-bond acceptors (Lipinski definition) is 3. The lowest BCUT2D eigenvalue weighted by atomic mass is 10.2. The number of aromatic nitrogens is 3. The molecule has 16 heavy (non-hydrogen) atoms. The van der Waals surface area contributed by atoms with Gasteiger partial charge in [-0.05, 0) is 13.0 Å². The number of aromatic amines is 1. The molecule has 2 aromatic rings. The molecule has 0 saturated heterocycles. The molecule has 2 aromatic heterocycles. The normalized spacial score (nSPS) is 10.6. The molecule has 0 radical (unpaired) electrons. The van der Waals surface area contributed by atoms with Gasteiger partial charge in [0, 0.05) is 36.1 Å². The summed E-state index contributed by atoms with van der Waals surface area (Å²) in [6.07, 6.45) is 3.51. The van der Waals surface area contributed by atoms with Crippen molar-refractivity contribution in [1.82, 2.24) is 20.5 Å². The molecule has 0 aliphatic rings. The van der Waals surface area contributed by atoms with E-state index in [4.69, 9.17) is 11.6 Å². The number of aryl methyl sites for hydroxylation is 1. The van der Waals surface area contributed by atoms with Crippen molar-refractivity contribution in [3.05, 3.63) is 46.5 Å². The Morgan fingerprint density at radius 3 is 2.88 bits per heavy atom. The van der Waals surface area contributed by atoms with E-state index in [1.165, 1.54) is 5.56 Å². The third-order valence-electron chi connectivity index (χ3n) is 2.40. The molecule has 0 aliphatic heterocycles. The second-order valence-corrected chi connectivity index (χ2v) is 3.94. The van der Waals surface area contributed by atoms with Gasteiger partial charge in [0.2, 0.25) is 0 Å². The van der Waals surface area contributed by atoms with Gasteiger partial charge in [0.1, 0.15) is 5.15 Å². The highest BCUT2D eigenvalue weighted by molar-refractivity contribution is 6.30. The van der Waals surface area contributed by atoms with Crippen LogP contribution in [0.1, 0.15) is 16.8 Å². The van der Waals surface area contributed by atoms with Crippen LogP contribution in [0, 0.1) is 6.92 Å². The van der Waals surface area contributed by atoms with E-state index in [-0.39, 0.29) is 0 Å². The number of halogens is 1. The van der Waals surface area contributed by atoms with Crippen molar-refractivity contribution < 1.29 is 0 Å². The number of H-pyrrole nitrogens is 1. The quantitative estimate of drug-likeness (QED) is 0.799. The maximum atomic E-state index is 5.95. The molecule has 5 heteroatoms. The predicted octanol–water partition coefficient (Wildman–Crippen LogP) is 2.06. The van der Waals surface area contributed by atoms with Crippen molar-refractivity contribution in [1.29, 1.82) is 0 Å². The number of rotatable bonds is 4. The molecule has 0 aliphatic carbocycles. The lowest BCUT2D eigenvalue weighted by Crippen LogP contribution is -2.13. The fraction of sp³-hybridized carbons (Fsp3) is 0.273. The Hall–Kier alpha value is -1.39.